The normalized spacial score (nSPS) is 12.0. The van der Waals surface area contributed by atoms with Crippen molar-refractivity contribution in [3.8, 4) is 16.9 Å². The number of carbonyl (C=O) groups excluding carboxylic acids is 1. The number of aromatic hydroxyl groups is 1. The summed E-state index contributed by atoms with van der Waals surface area (Å²) in [5.74, 6) is -0.907. The molecule has 5 nitrogen and oxygen atoms in total. The molecule has 0 fully saturated rings. The second kappa shape index (κ2) is 7.97. The lowest BCUT2D eigenvalue weighted by Gasteiger charge is -2.11. The zero-order chi connectivity index (χ0) is 16.8. The summed E-state index contributed by atoms with van der Waals surface area (Å²) in [6, 6.07) is 12.5. The van der Waals surface area contributed by atoms with E-state index in [1.165, 1.54) is 0 Å². The number of nitrogens with one attached hydrogen (secondary N) is 1. The molecule has 0 aromatic heterocycles. The van der Waals surface area contributed by atoms with Gasteiger partial charge >= 0.3 is 0 Å². The molecule has 0 spiro atoms. The second-order valence-electron chi connectivity index (χ2n) is 5.14. The Kier molecular flexibility index (Phi) is 5.98. The molecule has 0 saturated carbocycles. The van der Waals surface area contributed by atoms with Crippen LogP contribution in [0.4, 0.5) is 0 Å². The molecule has 0 heterocycles. The van der Waals surface area contributed by atoms with Gasteiger partial charge < -0.3 is 10.2 Å². The minimum atomic E-state index is -0.604. The van der Waals surface area contributed by atoms with Gasteiger partial charge in [-0.15, -0.1) is 0 Å². The molecule has 2 rings (SSSR count). The van der Waals surface area contributed by atoms with E-state index in [0.29, 0.717) is 12.0 Å². The fraction of sp³-hybridized carbons (Fsp3) is 0.235. The lowest BCUT2D eigenvalue weighted by atomic mass is 10.0. The van der Waals surface area contributed by atoms with Gasteiger partial charge in [-0.1, -0.05) is 41.9 Å². The Morgan fingerprint density at radius 1 is 1.26 bits per heavy atom. The first-order valence-corrected chi connectivity index (χ1v) is 7.55. The fourth-order valence-electron chi connectivity index (χ4n) is 1.97. The maximum absolute atomic E-state index is 12.1. The van der Waals surface area contributed by atoms with Gasteiger partial charge in [0.2, 0.25) is 0 Å². The second-order valence-corrected chi connectivity index (χ2v) is 5.54. The van der Waals surface area contributed by atoms with E-state index in [1.54, 1.807) is 19.1 Å². The third-order valence-electron chi connectivity index (χ3n) is 3.22. The third-order valence-corrected chi connectivity index (χ3v) is 3.51. The zero-order valence-corrected chi connectivity index (χ0v) is 13.4. The maximum atomic E-state index is 12.1. The van der Waals surface area contributed by atoms with E-state index in [9.17, 15) is 9.90 Å². The van der Waals surface area contributed by atoms with Crippen LogP contribution in [0.25, 0.3) is 11.1 Å². The molecule has 1 atom stereocenters. The highest BCUT2D eigenvalue weighted by atomic mass is 35.5. The number of hydrogen-bond acceptors (Lipinski definition) is 4. The number of aliphatic hydroxyl groups is 1. The first-order valence-electron chi connectivity index (χ1n) is 7.17. The first-order chi connectivity index (χ1) is 11.0. The predicted octanol–water partition coefficient (Wildman–Crippen LogP) is 3.14. The summed E-state index contributed by atoms with van der Waals surface area (Å²) < 4.78 is 0. The summed E-state index contributed by atoms with van der Waals surface area (Å²) in [4.78, 5) is 17.1. The summed E-state index contributed by atoms with van der Waals surface area (Å²) >= 11 is 6.01. The van der Waals surface area contributed by atoms with E-state index in [1.807, 2.05) is 30.3 Å². The van der Waals surface area contributed by atoms with Crippen molar-refractivity contribution in [3.63, 3.8) is 0 Å². The fourth-order valence-corrected chi connectivity index (χ4v) is 2.19. The number of hydroxylamine groups is 1. The Hall–Kier alpha value is -2.08. The number of rotatable bonds is 6. The van der Waals surface area contributed by atoms with Gasteiger partial charge in [0.1, 0.15) is 5.75 Å². The van der Waals surface area contributed by atoms with Crippen molar-refractivity contribution in [2.45, 2.75) is 19.4 Å². The van der Waals surface area contributed by atoms with Crippen LogP contribution in [0, 0.1) is 0 Å². The molecular formula is C17H18ClNO4. The Morgan fingerprint density at radius 3 is 2.61 bits per heavy atom. The van der Waals surface area contributed by atoms with E-state index in [4.69, 9.17) is 21.5 Å². The van der Waals surface area contributed by atoms with Crippen LogP contribution in [0.2, 0.25) is 5.02 Å². The molecule has 0 radical (unpaired) electrons. The van der Waals surface area contributed by atoms with Gasteiger partial charge in [0.25, 0.3) is 5.91 Å². The summed E-state index contributed by atoms with van der Waals surface area (Å²) in [6.07, 6.45) is -0.131. The van der Waals surface area contributed by atoms with Crippen molar-refractivity contribution in [1.29, 1.82) is 0 Å². The Morgan fingerprint density at radius 2 is 1.96 bits per heavy atom. The molecule has 122 valence electrons. The van der Waals surface area contributed by atoms with Crippen LogP contribution in [0.5, 0.6) is 5.75 Å². The number of amides is 1. The molecule has 0 saturated heterocycles. The number of halogens is 1. The Labute approximate surface area is 139 Å². The number of carbonyl (C=O) groups is 1. The van der Waals surface area contributed by atoms with Gasteiger partial charge in [0, 0.05) is 0 Å². The van der Waals surface area contributed by atoms with Gasteiger partial charge in [-0.05, 0) is 36.6 Å². The number of hydrogen-bond donors (Lipinski definition) is 3. The average Bonchev–Trinajstić information content (AvgIpc) is 2.54. The number of phenols is 1. The van der Waals surface area contributed by atoms with Crippen LogP contribution in [-0.2, 0) is 4.84 Å². The SMILES string of the molecule is CC(O)CCONC(=O)c1cc(-c2ccccc2)cc(Cl)c1O. The minimum Gasteiger partial charge on any atom is -0.506 e. The quantitative estimate of drug-likeness (QED) is 0.559. The molecule has 1 amide bonds. The molecule has 3 N–H and O–H groups in total. The van der Waals surface area contributed by atoms with Crippen molar-refractivity contribution >= 4 is 17.5 Å². The summed E-state index contributed by atoms with van der Waals surface area (Å²) in [5.41, 5.74) is 3.84. The van der Waals surface area contributed by atoms with E-state index in [0.717, 1.165) is 5.56 Å². The molecule has 6 heteroatoms. The van der Waals surface area contributed by atoms with Gasteiger partial charge in [-0.3, -0.25) is 9.63 Å². The largest absolute Gasteiger partial charge is 0.506 e. The van der Waals surface area contributed by atoms with Crippen LogP contribution in [0.15, 0.2) is 42.5 Å². The number of benzene rings is 2. The highest BCUT2D eigenvalue weighted by molar-refractivity contribution is 6.33. The lowest BCUT2D eigenvalue weighted by molar-refractivity contribution is 0.0185. The standard InChI is InChI=1S/C17H18ClNO4/c1-11(20)7-8-23-19-17(22)14-9-13(10-15(18)16(14)21)12-5-3-2-4-6-12/h2-6,9-11,20-21H,7-8H2,1H3,(H,19,22). The van der Waals surface area contributed by atoms with Crippen molar-refractivity contribution in [3.05, 3.63) is 53.1 Å². The molecule has 23 heavy (non-hydrogen) atoms. The van der Waals surface area contributed by atoms with E-state index in [2.05, 4.69) is 5.48 Å². The highest BCUT2D eigenvalue weighted by Gasteiger charge is 2.16. The van der Waals surface area contributed by atoms with Crippen LogP contribution in [0.1, 0.15) is 23.7 Å². The van der Waals surface area contributed by atoms with Gasteiger partial charge in [-0.2, -0.15) is 0 Å². The molecule has 0 bridgehead atoms. The summed E-state index contributed by atoms with van der Waals surface area (Å²) in [5, 5.41) is 19.2. The summed E-state index contributed by atoms with van der Waals surface area (Å²) in [7, 11) is 0. The van der Waals surface area contributed by atoms with Crippen LogP contribution < -0.4 is 5.48 Å². The molecule has 0 aliphatic carbocycles. The number of phenolic OH excluding ortho intramolecular Hbond substituents is 1. The molecule has 0 aliphatic rings. The predicted molar refractivity (Wildman–Crippen MR) is 88.3 cm³/mol. The zero-order valence-electron chi connectivity index (χ0n) is 12.6. The van der Waals surface area contributed by atoms with Crippen LogP contribution in [0.3, 0.4) is 0 Å². The Balaban J connectivity index is 2.18. The molecule has 0 aliphatic heterocycles. The van der Waals surface area contributed by atoms with Gasteiger partial charge in [0.15, 0.2) is 0 Å². The molecule has 2 aromatic rings. The van der Waals surface area contributed by atoms with Crippen molar-refractivity contribution in [1.82, 2.24) is 5.48 Å². The first kappa shape index (κ1) is 17.3. The van der Waals surface area contributed by atoms with Crippen LogP contribution in [-0.4, -0.2) is 28.8 Å². The van der Waals surface area contributed by atoms with E-state index in [-0.39, 0.29) is 22.9 Å². The topological polar surface area (TPSA) is 78.8 Å². The van der Waals surface area contributed by atoms with Crippen molar-refractivity contribution in [2.24, 2.45) is 0 Å². The number of aliphatic hydroxyl groups excluding tert-OH is 1. The highest BCUT2D eigenvalue weighted by Crippen LogP contribution is 2.33. The van der Waals surface area contributed by atoms with Crippen LogP contribution >= 0.6 is 11.6 Å². The smallest absolute Gasteiger partial charge is 0.278 e. The van der Waals surface area contributed by atoms with E-state index >= 15 is 0 Å². The third kappa shape index (κ3) is 4.69. The Bertz CT molecular complexity index is 674. The monoisotopic (exact) mass is 335 g/mol. The van der Waals surface area contributed by atoms with Crippen molar-refractivity contribution < 1.29 is 19.8 Å². The molecule has 1 unspecified atom stereocenters. The van der Waals surface area contributed by atoms with Crippen molar-refractivity contribution in [2.75, 3.05) is 6.61 Å². The van der Waals surface area contributed by atoms with Gasteiger partial charge in [0.05, 0.1) is 23.3 Å². The van der Waals surface area contributed by atoms with E-state index < -0.39 is 12.0 Å². The lowest BCUT2D eigenvalue weighted by Crippen LogP contribution is -2.25. The average molecular weight is 336 g/mol. The summed E-state index contributed by atoms with van der Waals surface area (Å²) in [6.45, 7) is 1.79. The minimum absolute atomic E-state index is 0.0217. The van der Waals surface area contributed by atoms with Gasteiger partial charge in [-0.25, -0.2) is 5.48 Å². The molecular weight excluding hydrogens is 318 g/mol. The molecule has 2 aromatic carbocycles. The maximum Gasteiger partial charge on any atom is 0.278 e.